The van der Waals surface area contributed by atoms with Gasteiger partial charge in [-0.3, -0.25) is 19.2 Å². The molecule has 0 radical (unpaired) electrons. The lowest BCUT2D eigenvalue weighted by Gasteiger charge is -2.06. The maximum atomic E-state index is 11.5. The van der Waals surface area contributed by atoms with Gasteiger partial charge in [0.15, 0.2) is 0 Å². The van der Waals surface area contributed by atoms with Gasteiger partial charge in [0.2, 0.25) is 11.8 Å². The van der Waals surface area contributed by atoms with Gasteiger partial charge in [-0.2, -0.15) is 0 Å². The fourth-order valence-corrected chi connectivity index (χ4v) is 1.77. The van der Waals surface area contributed by atoms with Crippen molar-refractivity contribution in [2.45, 2.75) is 38.5 Å². The van der Waals surface area contributed by atoms with Crippen molar-refractivity contribution in [3.05, 3.63) is 12.2 Å². The average molecular weight is 280 g/mol. The molecule has 0 bridgehead atoms. The molecule has 110 valence electrons. The summed E-state index contributed by atoms with van der Waals surface area (Å²) >= 11 is 0. The number of amides is 2. The van der Waals surface area contributed by atoms with E-state index >= 15 is 0 Å². The van der Waals surface area contributed by atoms with Crippen molar-refractivity contribution in [1.29, 1.82) is 0 Å². The van der Waals surface area contributed by atoms with Gasteiger partial charge < -0.3 is 10.6 Å². The SMILES string of the molecule is O=C1CCC/C=C\C(=O)NCC(=O)NCCC(=O)CC1. The summed E-state index contributed by atoms with van der Waals surface area (Å²) in [6, 6.07) is 0. The van der Waals surface area contributed by atoms with Crippen molar-refractivity contribution in [2.24, 2.45) is 0 Å². The van der Waals surface area contributed by atoms with Gasteiger partial charge in [-0.25, -0.2) is 0 Å². The summed E-state index contributed by atoms with van der Waals surface area (Å²) < 4.78 is 0. The van der Waals surface area contributed by atoms with Gasteiger partial charge >= 0.3 is 0 Å². The molecule has 0 aromatic rings. The largest absolute Gasteiger partial charge is 0.354 e. The number of allylic oxidation sites excluding steroid dienone is 1. The second-order valence-electron chi connectivity index (χ2n) is 4.69. The fraction of sp³-hybridized carbons (Fsp3) is 0.571. The smallest absolute Gasteiger partial charge is 0.244 e. The minimum Gasteiger partial charge on any atom is -0.354 e. The summed E-state index contributed by atoms with van der Waals surface area (Å²) in [6.07, 6.45) is 5.47. The molecule has 6 heteroatoms. The monoisotopic (exact) mass is 280 g/mol. The van der Waals surface area contributed by atoms with Crippen LogP contribution in [0.2, 0.25) is 0 Å². The Bertz CT molecular complexity index is 415. The lowest BCUT2D eigenvalue weighted by molar-refractivity contribution is -0.125. The molecule has 0 aliphatic carbocycles. The van der Waals surface area contributed by atoms with E-state index in [2.05, 4.69) is 10.6 Å². The van der Waals surface area contributed by atoms with Crippen LogP contribution in [0, 0.1) is 0 Å². The highest BCUT2D eigenvalue weighted by Crippen LogP contribution is 2.04. The first kappa shape index (κ1) is 16.1. The Balaban J connectivity index is 2.50. The standard InChI is InChI=1S/C14H20N2O4/c17-11-4-2-1-3-5-13(19)16-10-14(20)15-9-8-12(18)7-6-11/h3,5H,1-2,4,6-10H2,(H,15,20)(H,16,19)/b5-3-. The predicted octanol–water partition coefficient (Wildman–Crippen LogP) is 0.267. The molecule has 0 saturated carbocycles. The number of hydrogen-bond acceptors (Lipinski definition) is 4. The second kappa shape index (κ2) is 9.01. The van der Waals surface area contributed by atoms with E-state index in [-0.39, 0.29) is 55.7 Å². The number of carbonyl (C=O) groups is 4. The first-order valence-electron chi connectivity index (χ1n) is 6.82. The van der Waals surface area contributed by atoms with Gasteiger partial charge in [0.25, 0.3) is 0 Å². The predicted molar refractivity (Wildman–Crippen MR) is 72.9 cm³/mol. The van der Waals surface area contributed by atoms with Crippen LogP contribution in [0.5, 0.6) is 0 Å². The van der Waals surface area contributed by atoms with Crippen molar-refractivity contribution >= 4 is 23.4 Å². The van der Waals surface area contributed by atoms with Crippen LogP contribution >= 0.6 is 0 Å². The number of Topliss-reactive ketones (excluding diaryl/α,β-unsaturated/α-hetero) is 2. The molecule has 20 heavy (non-hydrogen) atoms. The molecule has 1 aliphatic heterocycles. The van der Waals surface area contributed by atoms with Gasteiger partial charge in [-0.15, -0.1) is 0 Å². The van der Waals surface area contributed by atoms with Crippen LogP contribution in [0.25, 0.3) is 0 Å². The van der Waals surface area contributed by atoms with E-state index in [1.54, 1.807) is 6.08 Å². The average Bonchev–Trinajstić information content (AvgIpc) is 2.41. The van der Waals surface area contributed by atoms with E-state index in [0.29, 0.717) is 19.3 Å². The van der Waals surface area contributed by atoms with E-state index in [1.165, 1.54) is 6.08 Å². The van der Waals surface area contributed by atoms with Crippen LogP contribution in [0.1, 0.15) is 38.5 Å². The van der Waals surface area contributed by atoms with Crippen LogP contribution < -0.4 is 10.6 Å². The van der Waals surface area contributed by atoms with E-state index in [4.69, 9.17) is 0 Å². The van der Waals surface area contributed by atoms with E-state index < -0.39 is 0 Å². The summed E-state index contributed by atoms with van der Waals surface area (Å²) in [5.41, 5.74) is 0. The molecule has 0 aromatic heterocycles. The quantitative estimate of drug-likeness (QED) is 0.666. The van der Waals surface area contributed by atoms with Crippen molar-refractivity contribution in [1.82, 2.24) is 10.6 Å². The Hall–Kier alpha value is -1.98. The summed E-state index contributed by atoms with van der Waals surface area (Å²) in [4.78, 5) is 45.7. The van der Waals surface area contributed by atoms with Gasteiger partial charge in [0.1, 0.15) is 11.6 Å². The van der Waals surface area contributed by atoms with Crippen LogP contribution in [-0.2, 0) is 19.2 Å². The van der Waals surface area contributed by atoms with Crippen LogP contribution in [0.3, 0.4) is 0 Å². The normalized spacial score (nSPS) is 22.0. The van der Waals surface area contributed by atoms with Crippen LogP contribution in [-0.4, -0.2) is 36.5 Å². The Morgan fingerprint density at radius 3 is 2.30 bits per heavy atom. The molecule has 0 saturated heterocycles. The summed E-state index contributed by atoms with van der Waals surface area (Å²) in [5, 5.41) is 4.99. The molecule has 0 atom stereocenters. The number of ketones is 2. The number of hydrogen-bond donors (Lipinski definition) is 2. The zero-order valence-corrected chi connectivity index (χ0v) is 11.4. The molecular weight excluding hydrogens is 260 g/mol. The third-order valence-electron chi connectivity index (χ3n) is 2.93. The molecule has 1 heterocycles. The van der Waals surface area contributed by atoms with Gasteiger partial charge in [-0.05, 0) is 18.9 Å². The zero-order chi connectivity index (χ0) is 14.8. The zero-order valence-electron chi connectivity index (χ0n) is 11.4. The summed E-state index contributed by atoms with van der Waals surface area (Å²) in [7, 11) is 0. The summed E-state index contributed by atoms with van der Waals surface area (Å²) in [5.74, 6) is -0.639. The molecule has 1 rings (SSSR count). The highest BCUT2D eigenvalue weighted by Gasteiger charge is 2.09. The Morgan fingerprint density at radius 2 is 1.55 bits per heavy atom. The van der Waals surface area contributed by atoms with Crippen molar-refractivity contribution in [3.8, 4) is 0 Å². The van der Waals surface area contributed by atoms with Gasteiger partial charge in [0.05, 0.1) is 6.54 Å². The Kier molecular flexibility index (Phi) is 7.24. The maximum absolute atomic E-state index is 11.5. The van der Waals surface area contributed by atoms with Crippen LogP contribution in [0.4, 0.5) is 0 Å². The van der Waals surface area contributed by atoms with Crippen molar-refractivity contribution in [2.75, 3.05) is 13.1 Å². The number of rotatable bonds is 0. The van der Waals surface area contributed by atoms with Crippen LogP contribution in [0.15, 0.2) is 12.2 Å². The molecule has 6 nitrogen and oxygen atoms in total. The fourth-order valence-electron chi connectivity index (χ4n) is 1.77. The van der Waals surface area contributed by atoms with E-state index in [0.717, 1.165) is 0 Å². The molecule has 0 fully saturated rings. The van der Waals surface area contributed by atoms with Crippen molar-refractivity contribution < 1.29 is 19.2 Å². The highest BCUT2D eigenvalue weighted by atomic mass is 16.2. The molecular formula is C14H20N2O4. The summed E-state index contributed by atoms with van der Waals surface area (Å²) in [6.45, 7) is 0.132. The van der Waals surface area contributed by atoms with E-state index in [9.17, 15) is 19.2 Å². The topological polar surface area (TPSA) is 92.3 Å². The minimum atomic E-state index is -0.338. The Morgan fingerprint density at radius 1 is 0.850 bits per heavy atom. The molecule has 2 amide bonds. The molecule has 2 N–H and O–H groups in total. The molecule has 0 unspecified atom stereocenters. The third-order valence-corrected chi connectivity index (χ3v) is 2.93. The first-order valence-corrected chi connectivity index (χ1v) is 6.82. The second-order valence-corrected chi connectivity index (χ2v) is 4.69. The Labute approximate surface area is 118 Å². The lowest BCUT2D eigenvalue weighted by Crippen LogP contribution is -2.37. The molecule has 0 aromatic carbocycles. The molecule has 1 aliphatic rings. The highest BCUT2D eigenvalue weighted by molar-refractivity contribution is 5.91. The van der Waals surface area contributed by atoms with E-state index in [1.807, 2.05) is 0 Å². The number of carbonyl (C=O) groups excluding carboxylic acids is 4. The maximum Gasteiger partial charge on any atom is 0.244 e. The van der Waals surface area contributed by atoms with Gasteiger partial charge in [-0.1, -0.05) is 6.08 Å². The lowest BCUT2D eigenvalue weighted by atomic mass is 10.1. The third kappa shape index (κ3) is 7.45. The van der Waals surface area contributed by atoms with Gasteiger partial charge in [0, 0.05) is 32.2 Å². The van der Waals surface area contributed by atoms with Crippen molar-refractivity contribution in [3.63, 3.8) is 0 Å². The molecule has 0 spiro atoms. The number of nitrogens with one attached hydrogen (secondary N) is 2. The minimum absolute atomic E-state index is 0.0327. The first-order chi connectivity index (χ1) is 9.58.